The van der Waals surface area contributed by atoms with Crippen LogP contribution in [0, 0.1) is 0 Å². The van der Waals surface area contributed by atoms with Crippen LogP contribution in [-0.4, -0.2) is 31.0 Å². The van der Waals surface area contributed by atoms with Crippen molar-refractivity contribution in [3.8, 4) is 0 Å². The van der Waals surface area contributed by atoms with Crippen molar-refractivity contribution >= 4 is 21.6 Å². The Hall–Kier alpha value is -0.0000000000000000763. The van der Waals surface area contributed by atoms with E-state index < -0.39 is 9.84 Å². The topological polar surface area (TPSA) is 54.4 Å². The number of thioether (sulfide) groups is 1. The van der Waals surface area contributed by atoms with Crippen LogP contribution in [0.2, 0.25) is 0 Å². The van der Waals surface area contributed by atoms with Crippen molar-refractivity contribution in [3.05, 3.63) is 12.0 Å². The lowest BCUT2D eigenvalue weighted by molar-refractivity contribution is 0.375. The Balaban J connectivity index is 3.59. The summed E-state index contributed by atoms with van der Waals surface area (Å²) in [6, 6.07) is 0. The summed E-state index contributed by atoms with van der Waals surface area (Å²) in [7, 11) is -3.06. The van der Waals surface area contributed by atoms with Crippen LogP contribution in [0.15, 0.2) is 12.0 Å². The molecule has 0 spiro atoms. The molecule has 0 heterocycles. The number of aliphatic hydroxyl groups excluding tert-OH is 1. The van der Waals surface area contributed by atoms with Gasteiger partial charge in [-0.3, -0.25) is 0 Å². The van der Waals surface area contributed by atoms with E-state index in [1.165, 1.54) is 11.8 Å². The predicted molar refractivity (Wildman–Crippen MR) is 43.5 cm³/mol. The van der Waals surface area contributed by atoms with Gasteiger partial charge in [-0.25, -0.2) is 8.42 Å². The van der Waals surface area contributed by atoms with Gasteiger partial charge in [0.25, 0.3) is 0 Å². The summed E-state index contributed by atoms with van der Waals surface area (Å²) in [5, 5.41) is 9.21. The van der Waals surface area contributed by atoms with E-state index in [2.05, 4.69) is 6.58 Å². The Kier molecular flexibility index (Phi) is 4.76. The number of hydrogen-bond acceptors (Lipinski definition) is 4. The van der Waals surface area contributed by atoms with Crippen LogP contribution in [0.3, 0.4) is 0 Å². The molecule has 0 saturated heterocycles. The van der Waals surface area contributed by atoms with Crippen LogP contribution in [0.1, 0.15) is 0 Å². The van der Waals surface area contributed by atoms with Gasteiger partial charge in [-0.1, -0.05) is 6.58 Å². The zero-order valence-corrected chi connectivity index (χ0v) is 7.12. The molecule has 0 atom stereocenters. The molecule has 0 aromatic carbocycles. The van der Waals surface area contributed by atoms with Gasteiger partial charge in [0.15, 0.2) is 9.84 Å². The largest absolute Gasteiger partial charge is 0.386 e. The molecule has 60 valence electrons. The third-order valence-corrected chi connectivity index (χ3v) is 3.07. The SMILES string of the molecule is C=CS(=O)(=O)CCSCO. The van der Waals surface area contributed by atoms with Gasteiger partial charge in [0.1, 0.15) is 0 Å². The van der Waals surface area contributed by atoms with Crippen LogP contribution in [-0.2, 0) is 9.84 Å². The lowest BCUT2D eigenvalue weighted by Crippen LogP contribution is -2.04. The van der Waals surface area contributed by atoms with Gasteiger partial charge in [0, 0.05) is 11.2 Å². The van der Waals surface area contributed by atoms with Gasteiger partial charge >= 0.3 is 0 Å². The molecular weight excluding hydrogens is 172 g/mol. The van der Waals surface area contributed by atoms with Crippen LogP contribution in [0.25, 0.3) is 0 Å². The molecule has 0 saturated carbocycles. The molecule has 0 aromatic rings. The predicted octanol–water partition coefficient (Wildman–Crippen LogP) is 0.228. The highest BCUT2D eigenvalue weighted by atomic mass is 32.2. The lowest BCUT2D eigenvalue weighted by Gasteiger charge is -1.95. The molecule has 0 radical (unpaired) electrons. The average molecular weight is 182 g/mol. The molecule has 5 heteroatoms. The maximum atomic E-state index is 10.7. The summed E-state index contributed by atoms with van der Waals surface area (Å²) in [5.41, 5.74) is 0. The first-order valence-electron chi connectivity index (χ1n) is 2.66. The fourth-order valence-electron chi connectivity index (χ4n) is 0.323. The fourth-order valence-corrected chi connectivity index (χ4v) is 2.02. The van der Waals surface area contributed by atoms with E-state index in [0.717, 1.165) is 5.41 Å². The van der Waals surface area contributed by atoms with Crippen molar-refractivity contribution in [1.29, 1.82) is 0 Å². The molecule has 0 fully saturated rings. The number of aliphatic hydroxyl groups is 1. The average Bonchev–Trinajstić information content (AvgIpc) is 1.89. The molecule has 0 aliphatic heterocycles. The van der Waals surface area contributed by atoms with E-state index in [0.29, 0.717) is 5.75 Å². The Labute approximate surface area is 65.1 Å². The van der Waals surface area contributed by atoms with Crippen molar-refractivity contribution in [2.24, 2.45) is 0 Å². The molecule has 1 N–H and O–H groups in total. The van der Waals surface area contributed by atoms with Crippen LogP contribution in [0.4, 0.5) is 0 Å². The monoisotopic (exact) mass is 182 g/mol. The highest BCUT2D eigenvalue weighted by Gasteiger charge is 2.02. The van der Waals surface area contributed by atoms with E-state index in [1.807, 2.05) is 0 Å². The van der Waals surface area contributed by atoms with Crippen molar-refractivity contribution in [1.82, 2.24) is 0 Å². The quantitative estimate of drug-likeness (QED) is 0.488. The van der Waals surface area contributed by atoms with E-state index in [4.69, 9.17) is 5.11 Å². The van der Waals surface area contributed by atoms with Crippen LogP contribution >= 0.6 is 11.8 Å². The first kappa shape index (κ1) is 10.0. The molecule has 0 bridgehead atoms. The molecular formula is C5H10O3S2. The Bertz CT molecular complexity index is 183. The van der Waals surface area contributed by atoms with Crippen molar-refractivity contribution in [2.75, 3.05) is 17.4 Å². The Morgan fingerprint density at radius 3 is 2.60 bits per heavy atom. The molecule has 0 aromatic heterocycles. The zero-order chi connectivity index (χ0) is 8.04. The summed E-state index contributed by atoms with van der Waals surface area (Å²) in [6.07, 6.45) is 0. The summed E-state index contributed by atoms with van der Waals surface area (Å²) < 4.78 is 21.3. The first-order chi connectivity index (χ1) is 4.62. The Morgan fingerprint density at radius 2 is 2.20 bits per heavy atom. The minimum absolute atomic E-state index is 0.0351. The second-order valence-corrected chi connectivity index (χ2v) is 4.71. The molecule has 0 amide bonds. The molecule has 0 unspecified atom stereocenters. The normalized spacial score (nSPS) is 11.3. The standard InChI is InChI=1S/C5H10O3S2/c1-2-10(7,8)4-3-9-5-6/h2,6H,1,3-5H2. The highest BCUT2D eigenvalue weighted by molar-refractivity contribution is 8.01. The molecule has 10 heavy (non-hydrogen) atoms. The zero-order valence-electron chi connectivity index (χ0n) is 5.49. The van der Waals surface area contributed by atoms with Gasteiger partial charge in [-0.05, 0) is 0 Å². The van der Waals surface area contributed by atoms with Crippen molar-refractivity contribution in [2.45, 2.75) is 0 Å². The fraction of sp³-hybridized carbons (Fsp3) is 0.600. The van der Waals surface area contributed by atoms with Crippen LogP contribution in [0.5, 0.6) is 0 Å². The molecule has 3 nitrogen and oxygen atoms in total. The van der Waals surface area contributed by atoms with E-state index >= 15 is 0 Å². The maximum Gasteiger partial charge on any atom is 0.171 e. The number of hydrogen-bond donors (Lipinski definition) is 1. The maximum absolute atomic E-state index is 10.7. The molecule has 0 rings (SSSR count). The third-order valence-electron chi connectivity index (χ3n) is 0.857. The van der Waals surface area contributed by atoms with Gasteiger partial charge < -0.3 is 5.11 Å². The highest BCUT2D eigenvalue weighted by Crippen LogP contribution is 2.00. The van der Waals surface area contributed by atoms with E-state index in [1.54, 1.807) is 0 Å². The minimum Gasteiger partial charge on any atom is -0.386 e. The third kappa shape index (κ3) is 4.84. The van der Waals surface area contributed by atoms with Crippen molar-refractivity contribution < 1.29 is 13.5 Å². The van der Waals surface area contributed by atoms with Gasteiger partial charge in [-0.15, -0.1) is 11.8 Å². The first-order valence-corrected chi connectivity index (χ1v) is 5.53. The second-order valence-electron chi connectivity index (χ2n) is 1.57. The number of rotatable bonds is 5. The van der Waals surface area contributed by atoms with Gasteiger partial charge in [-0.2, -0.15) is 0 Å². The smallest absolute Gasteiger partial charge is 0.171 e. The summed E-state index contributed by atoms with van der Waals surface area (Å²) in [5.74, 6) is 0.444. The van der Waals surface area contributed by atoms with Crippen molar-refractivity contribution in [3.63, 3.8) is 0 Å². The second kappa shape index (κ2) is 4.76. The number of sulfone groups is 1. The van der Waals surface area contributed by atoms with E-state index in [9.17, 15) is 8.42 Å². The van der Waals surface area contributed by atoms with Crippen LogP contribution < -0.4 is 0 Å². The summed E-state index contributed by atoms with van der Waals surface area (Å²) in [6.45, 7) is 3.15. The van der Waals surface area contributed by atoms with E-state index in [-0.39, 0.29) is 11.7 Å². The summed E-state index contributed by atoms with van der Waals surface area (Å²) >= 11 is 1.18. The van der Waals surface area contributed by atoms with Gasteiger partial charge in [0.05, 0.1) is 11.7 Å². The Morgan fingerprint density at radius 1 is 1.60 bits per heavy atom. The molecule has 0 aliphatic rings. The minimum atomic E-state index is -3.06. The molecule has 0 aliphatic carbocycles. The van der Waals surface area contributed by atoms with Gasteiger partial charge in [0.2, 0.25) is 0 Å². The lowest BCUT2D eigenvalue weighted by atomic mass is 11.0. The summed E-state index contributed by atoms with van der Waals surface area (Å²) in [4.78, 5) is 0.